The number of nitrogens with zero attached hydrogens (tertiary/aromatic N) is 2. The normalized spacial score (nSPS) is 10.4. The predicted octanol–water partition coefficient (Wildman–Crippen LogP) is -0.362. The number of carbonyl (C=O) groups excluding carboxylic acids is 1. The average molecular weight is 360 g/mol. The van der Waals surface area contributed by atoms with Crippen molar-refractivity contribution < 1.29 is 33.4 Å². The molecule has 0 aromatic carbocycles. The zero-order valence-corrected chi connectivity index (χ0v) is 15.6. The predicted molar refractivity (Wildman–Crippen MR) is 89.9 cm³/mol. The molecule has 0 radical (unpaired) electrons. The summed E-state index contributed by atoms with van der Waals surface area (Å²) in [5, 5.41) is 8.89. The first-order chi connectivity index (χ1) is 12.1. The fourth-order valence-electron chi connectivity index (χ4n) is 1.89. The van der Waals surface area contributed by atoms with Crippen LogP contribution in [-0.4, -0.2) is 64.4 Å². The van der Waals surface area contributed by atoms with Crippen molar-refractivity contribution >= 4 is 5.97 Å². The van der Waals surface area contributed by atoms with E-state index in [0.717, 1.165) is 46.1 Å². The molecule has 1 heterocycles. The molecule has 0 atom stereocenters. The van der Waals surface area contributed by atoms with Crippen LogP contribution < -0.4 is 9.67 Å². The minimum absolute atomic E-state index is 0.663. The Morgan fingerprint density at radius 1 is 1.00 bits per heavy atom. The SMILES string of the molecule is CC(=O)[O-].COCCOCCCn1cc[n+](CCCOCCOC)c1. The Morgan fingerprint density at radius 2 is 1.56 bits per heavy atom. The third kappa shape index (κ3) is 17.1. The Labute approximate surface area is 150 Å². The van der Waals surface area contributed by atoms with Crippen molar-refractivity contribution in [3.63, 3.8) is 0 Å². The first-order valence-electron chi connectivity index (χ1n) is 8.46. The average Bonchev–Trinajstić information content (AvgIpc) is 3.01. The fourth-order valence-corrected chi connectivity index (χ4v) is 1.89. The molecule has 1 aromatic rings. The number of aromatic nitrogens is 2. The van der Waals surface area contributed by atoms with E-state index in [9.17, 15) is 0 Å². The number of hydrogen-bond acceptors (Lipinski definition) is 6. The maximum Gasteiger partial charge on any atom is 0.243 e. The summed E-state index contributed by atoms with van der Waals surface area (Å²) >= 11 is 0. The molecule has 8 nitrogen and oxygen atoms in total. The first kappa shape index (κ1) is 23.5. The molecule has 0 N–H and O–H groups in total. The maximum atomic E-state index is 8.89. The van der Waals surface area contributed by atoms with Crippen molar-refractivity contribution in [1.29, 1.82) is 0 Å². The topological polar surface area (TPSA) is 85.9 Å². The van der Waals surface area contributed by atoms with Crippen LogP contribution in [0.1, 0.15) is 19.8 Å². The minimum atomic E-state index is -1.08. The standard InChI is InChI=1S/C15H29N2O4.C2H4O2/c1-18-11-13-20-9-3-5-16-7-8-17(15-16)6-4-10-21-14-12-19-2;1-2(3)4/h7-8,15H,3-6,9-14H2,1-2H3;1H3,(H,3,4)/q+1;/p-1. The lowest BCUT2D eigenvalue weighted by Gasteiger charge is -2.02. The molecule has 0 aliphatic rings. The third-order valence-electron chi connectivity index (χ3n) is 3.02. The Hall–Kier alpha value is -1.48. The summed E-state index contributed by atoms with van der Waals surface area (Å²) in [4.78, 5) is 8.89. The van der Waals surface area contributed by atoms with Crippen molar-refractivity contribution in [1.82, 2.24) is 4.57 Å². The number of ether oxygens (including phenoxy) is 4. The third-order valence-corrected chi connectivity index (χ3v) is 3.02. The molecular weight excluding hydrogens is 328 g/mol. The molecule has 25 heavy (non-hydrogen) atoms. The highest BCUT2D eigenvalue weighted by Gasteiger charge is 2.03. The van der Waals surface area contributed by atoms with Crippen LogP contribution in [0.2, 0.25) is 0 Å². The number of imidazole rings is 1. The van der Waals surface area contributed by atoms with Crippen molar-refractivity contribution in [3.8, 4) is 0 Å². The van der Waals surface area contributed by atoms with E-state index in [-0.39, 0.29) is 0 Å². The van der Waals surface area contributed by atoms with E-state index in [1.54, 1.807) is 14.2 Å². The number of carboxylic acid groups (broad SMARTS) is 1. The monoisotopic (exact) mass is 360 g/mol. The summed E-state index contributed by atoms with van der Waals surface area (Å²) in [6.07, 6.45) is 8.35. The van der Waals surface area contributed by atoms with E-state index in [1.165, 1.54) is 0 Å². The number of rotatable bonds is 14. The van der Waals surface area contributed by atoms with Gasteiger partial charge >= 0.3 is 0 Å². The van der Waals surface area contributed by atoms with Crippen LogP contribution in [0.5, 0.6) is 0 Å². The number of methoxy groups -OCH3 is 2. The van der Waals surface area contributed by atoms with E-state index in [1.807, 2.05) is 0 Å². The van der Waals surface area contributed by atoms with Gasteiger partial charge in [0, 0.05) is 33.0 Å². The van der Waals surface area contributed by atoms with E-state index in [4.69, 9.17) is 28.8 Å². The van der Waals surface area contributed by atoms with Gasteiger partial charge in [-0.25, -0.2) is 9.13 Å². The van der Waals surface area contributed by atoms with Crippen LogP contribution in [0.4, 0.5) is 0 Å². The summed E-state index contributed by atoms with van der Waals surface area (Å²) in [6.45, 7) is 7.14. The van der Waals surface area contributed by atoms with Crippen LogP contribution in [0, 0.1) is 0 Å². The van der Waals surface area contributed by atoms with Gasteiger partial charge in [0.05, 0.1) is 52.7 Å². The van der Waals surface area contributed by atoms with Crippen LogP contribution in [0.3, 0.4) is 0 Å². The number of hydrogen-bond donors (Lipinski definition) is 0. The van der Waals surface area contributed by atoms with Gasteiger partial charge in [-0.3, -0.25) is 0 Å². The lowest BCUT2D eigenvalue weighted by Crippen LogP contribution is -2.31. The summed E-state index contributed by atoms with van der Waals surface area (Å²) in [5.41, 5.74) is 0. The molecule has 0 fully saturated rings. The smallest absolute Gasteiger partial charge is 0.243 e. The van der Waals surface area contributed by atoms with E-state index in [2.05, 4.69) is 27.9 Å². The fraction of sp³-hybridized carbons (Fsp3) is 0.765. The molecule has 146 valence electrons. The Kier molecular flexibility index (Phi) is 16.3. The van der Waals surface area contributed by atoms with Crippen molar-refractivity contribution in [2.24, 2.45) is 0 Å². The second-order valence-corrected chi connectivity index (χ2v) is 5.30. The van der Waals surface area contributed by atoms with Gasteiger partial charge in [0.15, 0.2) is 0 Å². The van der Waals surface area contributed by atoms with Gasteiger partial charge in [-0.2, -0.15) is 0 Å². The molecule has 0 unspecified atom stereocenters. The molecule has 0 spiro atoms. The highest BCUT2D eigenvalue weighted by molar-refractivity contribution is 5.60. The van der Waals surface area contributed by atoms with Crippen molar-refractivity contribution in [2.75, 3.05) is 53.9 Å². The van der Waals surface area contributed by atoms with Crippen LogP contribution in [0.25, 0.3) is 0 Å². The molecule has 0 saturated heterocycles. The second kappa shape index (κ2) is 17.3. The van der Waals surface area contributed by atoms with Gasteiger partial charge in [-0.15, -0.1) is 0 Å². The van der Waals surface area contributed by atoms with Crippen LogP contribution in [0.15, 0.2) is 18.7 Å². The summed E-state index contributed by atoms with van der Waals surface area (Å²) in [5.74, 6) is -1.08. The van der Waals surface area contributed by atoms with Gasteiger partial charge < -0.3 is 28.8 Å². The van der Waals surface area contributed by atoms with Gasteiger partial charge in [0.1, 0.15) is 12.4 Å². The Bertz CT molecular complexity index is 391. The van der Waals surface area contributed by atoms with E-state index >= 15 is 0 Å². The summed E-state index contributed by atoms with van der Waals surface area (Å²) in [6, 6.07) is 0. The highest BCUT2D eigenvalue weighted by atomic mass is 16.5. The largest absolute Gasteiger partial charge is 0.550 e. The summed E-state index contributed by atoms with van der Waals surface area (Å²) < 4.78 is 25.1. The minimum Gasteiger partial charge on any atom is -0.550 e. The highest BCUT2D eigenvalue weighted by Crippen LogP contribution is 1.92. The number of aryl methyl sites for hydroxylation is 2. The van der Waals surface area contributed by atoms with Gasteiger partial charge in [-0.05, 0) is 6.92 Å². The molecule has 8 heteroatoms. The molecule has 0 aliphatic heterocycles. The number of aliphatic carboxylic acids is 1. The van der Waals surface area contributed by atoms with Crippen LogP contribution in [-0.2, 0) is 36.8 Å². The molecule has 1 rings (SSSR count). The van der Waals surface area contributed by atoms with Crippen molar-refractivity contribution in [2.45, 2.75) is 32.9 Å². The molecule has 0 saturated carbocycles. The molecule has 0 amide bonds. The molecule has 0 bridgehead atoms. The number of carbonyl (C=O) groups is 1. The summed E-state index contributed by atoms with van der Waals surface area (Å²) in [7, 11) is 3.37. The lowest BCUT2D eigenvalue weighted by molar-refractivity contribution is -0.697. The molecular formula is C17H32N2O6. The van der Waals surface area contributed by atoms with Crippen LogP contribution >= 0.6 is 0 Å². The Morgan fingerprint density at radius 3 is 2.12 bits per heavy atom. The van der Waals surface area contributed by atoms with Gasteiger partial charge in [-0.1, -0.05) is 0 Å². The lowest BCUT2D eigenvalue weighted by atomic mass is 10.4. The molecule has 1 aromatic heterocycles. The zero-order chi connectivity index (χ0) is 18.8. The Balaban J connectivity index is 0.00000129. The van der Waals surface area contributed by atoms with E-state index < -0.39 is 5.97 Å². The zero-order valence-electron chi connectivity index (χ0n) is 15.6. The quantitative estimate of drug-likeness (QED) is 0.333. The van der Waals surface area contributed by atoms with Gasteiger partial charge in [0.25, 0.3) is 0 Å². The van der Waals surface area contributed by atoms with E-state index in [0.29, 0.717) is 26.4 Å². The molecule has 0 aliphatic carbocycles. The number of carboxylic acids is 1. The van der Waals surface area contributed by atoms with Gasteiger partial charge in [0.2, 0.25) is 6.33 Å². The maximum absolute atomic E-state index is 8.89. The second-order valence-electron chi connectivity index (χ2n) is 5.30. The van der Waals surface area contributed by atoms with Crippen molar-refractivity contribution in [3.05, 3.63) is 18.7 Å². The first-order valence-corrected chi connectivity index (χ1v) is 8.46.